The Morgan fingerprint density at radius 3 is 2.59 bits per heavy atom. The van der Waals surface area contributed by atoms with E-state index in [9.17, 15) is 4.79 Å². The molecule has 0 unspecified atom stereocenters. The van der Waals surface area contributed by atoms with Crippen LogP contribution in [-0.2, 0) is 12.8 Å². The van der Waals surface area contributed by atoms with Gasteiger partial charge in [0.25, 0.3) is 0 Å². The van der Waals surface area contributed by atoms with Crippen LogP contribution in [0.2, 0.25) is 0 Å². The van der Waals surface area contributed by atoms with E-state index in [1.54, 1.807) is 16.2 Å². The summed E-state index contributed by atoms with van der Waals surface area (Å²) in [5.41, 5.74) is 9.09. The first-order valence-electron chi connectivity index (χ1n) is 10.5. The molecule has 0 aliphatic heterocycles. The Balaban J connectivity index is 1.43. The monoisotopic (exact) mass is 414 g/mol. The van der Waals surface area contributed by atoms with Crippen molar-refractivity contribution in [2.75, 3.05) is 29.2 Å². The number of rotatable bonds is 5. The molecule has 29 heavy (non-hydrogen) atoms. The molecule has 0 radical (unpaired) electrons. The summed E-state index contributed by atoms with van der Waals surface area (Å²) in [6, 6.07) is 2.07. The number of hydrogen-bond acceptors (Lipinski definition) is 6. The maximum atomic E-state index is 12.0. The highest BCUT2D eigenvalue weighted by molar-refractivity contribution is 7.08. The van der Waals surface area contributed by atoms with Crippen LogP contribution < -0.4 is 20.9 Å². The Hall–Kier alpha value is -2.35. The van der Waals surface area contributed by atoms with Gasteiger partial charge in [0, 0.05) is 37.1 Å². The van der Waals surface area contributed by atoms with Crippen LogP contribution >= 0.6 is 11.3 Å². The summed E-state index contributed by atoms with van der Waals surface area (Å²) in [4.78, 5) is 25.5. The van der Waals surface area contributed by atoms with Crippen molar-refractivity contribution in [3.05, 3.63) is 28.1 Å². The van der Waals surface area contributed by atoms with E-state index >= 15 is 0 Å². The van der Waals surface area contributed by atoms with Gasteiger partial charge in [0.1, 0.15) is 5.82 Å². The van der Waals surface area contributed by atoms with Crippen LogP contribution in [0, 0.1) is 0 Å². The van der Waals surface area contributed by atoms with Crippen molar-refractivity contribution in [3.63, 3.8) is 0 Å². The first kappa shape index (κ1) is 19.9. The SMILES string of the molecule is CN(C)c1nc(N[C@H]2CC[C@@H](N(C(N)=O)c3ccsc3)CC2)nc2c1CCCC2. The van der Waals surface area contributed by atoms with Crippen molar-refractivity contribution in [2.24, 2.45) is 5.73 Å². The van der Waals surface area contributed by atoms with Gasteiger partial charge >= 0.3 is 6.03 Å². The number of amides is 2. The third kappa shape index (κ3) is 4.32. The standard InChI is InChI=1S/C21H30N6OS/c1-26(2)19-17-5-3-4-6-18(17)24-21(25-19)23-14-7-9-15(10-8-14)27(20(22)28)16-11-12-29-13-16/h11-15H,3-10H2,1-2H3,(H2,22,28)(H,23,24,25)/t14-,15+. The molecule has 0 bridgehead atoms. The third-order valence-corrected chi connectivity index (χ3v) is 6.67. The number of nitrogens with one attached hydrogen (secondary N) is 1. The molecule has 0 spiro atoms. The number of aryl methyl sites for hydroxylation is 1. The van der Waals surface area contributed by atoms with Crippen molar-refractivity contribution < 1.29 is 4.79 Å². The number of anilines is 3. The smallest absolute Gasteiger partial charge is 0.319 e. The van der Waals surface area contributed by atoms with E-state index in [0.717, 1.165) is 56.0 Å². The molecule has 4 rings (SSSR count). The van der Waals surface area contributed by atoms with Crippen molar-refractivity contribution >= 4 is 34.8 Å². The van der Waals surface area contributed by atoms with Crippen LogP contribution in [0.15, 0.2) is 16.8 Å². The number of nitrogens with zero attached hydrogens (tertiary/aromatic N) is 4. The largest absolute Gasteiger partial charge is 0.362 e. The third-order valence-electron chi connectivity index (χ3n) is 6.00. The highest BCUT2D eigenvalue weighted by Crippen LogP contribution is 2.31. The number of aromatic nitrogens is 2. The second-order valence-corrected chi connectivity index (χ2v) is 9.02. The second-order valence-electron chi connectivity index (χ2n) is 8.24. The zero-order valence-electron chi connectivity index (χ0n) is 17.2. The molecule has 2 heterocycles. The van der Waals surface area contributed by atoms with Gasteiger partial charge in [-0.3, -0.25) is 4.90 Å². The summed E-state index contributed by atoms with van der Waals surface area (Å²) in [7, 11) is 4.10. The first-order valence-corrected chi connectivity index (χ1v) is 11.4. The molecule has 0 saturated heterocycles. The zero-order chi connectivity index (χ0) is 20.4. The number of thiophene rings is 1. The minimum atomic E-state index is -0.367. The number of nitrogens with two attached hydrogens (primary N) is 1. The van der Waals surface area contributed by atoms with Crippen LogP contribution in [0.25, 0.3) is 0 Å². The summed E-state index contributed by atoms with van der Waals surface area (Å²) >= 11 is 1.58. The molecule has 8 heteroatoms. The van der Waals surface area contributed by atoms with Crippen LogP contribution in [0.4, 0.5) is 22.2 Å². The Morgan fingerprint density at radius 1 is 1.17 bits per heavy atom. The molecule has 7 nitrogen and oxygen atoms in total. The lowest BCUT2D eigenvalue weighted by molar-refractivity contribution is 0.248. The lowest BCUT2D eigenvalue weighted by Gasteiger charge is -2.36. The lowest BCUT2D eigenvalue weighted by Crippen LogP contribution is -2.46. The minimum Gasteiger partial charge on any atom is -0.362 e. The molecular weight excluding hydrogens is 384 g/mol. The summed E-state index contributed by atoms with van der Waals surface area (Å²) in [5.74, 6) is 1.78. The van der Waals surface area contributed by atoms with Gasteiger partial charge in [-0.1, -0.05) is 0 Å². The van der Waals surface area contributed by atoms with Gasteiger partial charge in [-0.25, -0.2) is 9.78 Å². The average Bonchev–Trinajstić information content (AvgIpc) is 3.22. The Labute approximate surface area is 176 Å². The molecule has 2 aromatic heterocycles. The fraction of sp³-hybridized carbons (Fsp3) is 0.571. The molecule has 3 N–H and O–H groups in total. The van der Waals surface area contributed by atoms with Gasteiger partial charge in [0.15, 0.2) is 0 Å². The average molecular weight is 415 g/mol. The second kappa shape index (κ2) is 8.57. The summed E-state index contributed by atoms with van der Waals surface area (Å²) in [6.07, 6.45) is 8.30. The fourth-order valence-electron chi connectivity index (χ4n) is 4.58. The summed E-state index contributed by atoms with van der Waals surface area (Å²) in [6.45, 7) is 0. The van der Waals surface area contributed by atoms with Gasteiger partial charge in [0.05, 0.1) is 11.4 Å². The molecule has 0 atom stereocenters. The number of hydrogen-bond donors (Lipinski definition) is 2. The van der Waals surface area contributed by atoms with Crippen LogP contribution in [0.3, 0.4) is 0 Å². The predicted molar refractivity (Wildman–Crippen MR) is 119 cm³/mol. The highest BCUT2D eigenvalue weighted by Gasteiger charge is 2.30. The molecule has 1 saturated carbocycles. The van der Waals surface area contributed by atoms with Gasteiger partial charge in [-0.15, -0.1) is 0 Å². The van der Waals surface area contributed by atoms with Crippen LogP contribution in [-0.4, -0.2) is 42.2 Å². The summed E-state index contributed by atoms with van der Waals surface area (Å²) < 4.78 is 0. The minimum absolute atomic E-state index is 0.155. The van der Waals surface area contributed by atoms with E-state index in [0.29, 0.717) is 6.04 Å². The van der Waals surface area contributed by atoms with Gasteiger partial charge < -0.3 is 16.0 Å². The molecule has 156 valence electrons. The maximum Gasteiger partial charge on any atom is 0.319 e. The van der Waals surface area contributed by atoms with Gasteiger partial charge in [-0.2, -0.15) is 16.3 Å². The quantitative estimate of drug-likeness (QED) is 0.777. The fourth-order valence-corrected chi connectivity index (χ4v) is 5.21. The number of urea groups is 1. The number of carbonyl (C=O) groups is 1. The molecule has 1 fully saturated rings. The van der Waals surface area contributed by atoms with Crippen molar-refractivity contribution in [3.8, 4) is 0 Å². The van der Waals surface area contributed by atoms with Crippen molar-refractivity contribution in [1.82, 2.24) is 9.97 Å². The first-order chi connectivity index (χ1) is 14.0. The van der Waals surface area contributed by atoms with Crippen molar-refractivity contribution in [1.29, 1.82) is 0 Å². The Morgan fingerprint density at radius 2 is 1.93 bits per heavy atom. The van der Waals surface area contributed by atoms with E-state index in [2.05, 4.69) is 24.3 Å². The van der Waals surface area contributed by atoms with Crippen molar-refractivity contribution in [2.45, 2.75) is 63.5 Å². The van der Waals surface area contributed by atoms with Crippen LogP contribution in [0.5, 0.6) is 0 Å². The zero-order valence-corrected chi connectivity index (χ0v) is 18.0. The predicted octanol–water partition coefficient (Wildman–Crippen LogP) is 3.79. The van der Waals surface area contributed by atoms with Gasteiger partial charge in [-0.05, 0) is 62.8 Å². The molecular formula is C21H30N6OS. The Bertz CT molecular complexity index is 845. The molecule has 2 aromatic rings. The number of primary amides is 1. The highest BCUT2D eigenvalue weighted by atomic mass is 32.1. The van der Waals surface area contributed by atoms with E-state index < -0.39 is 0 Å². The topological polar surface area (TPSA) is 87.4 Å². The number of carbonyl (C=O) groups excluding carboxylic acids is 1. The Kier molecular flexibility index (Phi) is 5.89. The lowest BCUT2D eigenvalue weighted by atomic mass is 9.90. The molecule has 2 aliphatic carbocycles. The normalized spacial score (nSPS) is 21.3. The maximum absolute atomic E-state index is 12.0. The van der Waals surface area contributed by atoms with Gasteiger partial charge in [0.2, 0.25) is 5.95 Å². The molecule has 2 aliphatic rings. The molecule has 2 amide bonds. The van der Waals surface area contributed by atoms with E-state index in [4.69, 9.17) is 15.7 Å². The summed E-state index contributed by atoms with van der Waals surface area (Å²) in [5, 5.41) is 7.53. The molecule has 0 aromatic carbocycles. The number of fused-ring (bicyclic) bond motifs is 1. The van der Waals surface area contributed by atoms with E-state index in [1.165, 1.54) is 24.1 Å². The van der Waals surface area contributed by atoms with E-state index in [-0.39, 0.29) is 12.1 Å². The van der Waals surface area contributed by atoms with E-state index in [1.807, 2.05) is 16.8 Å². The van der Waals surface area contributed by atoms with Crippen LogP contribution in [0.1, 0.15) is 49.8 Å².